The first kappa shape index (κ1) is 14.3. The van der Waals surface area contributed by atoms with E-state index >= 15 is 0 Å². The second-order valence-corrected chi connectivity index (χ2v) is 6.53. The zero-order valence-electron chi connectivity index (χ0n) is 11.7. The van der Waals surface area contributed by atoms with E-state index in [0.29, 0.717) is 18.4 Å². The molecule has 1 saturated carbocycles. The van der Waals surface area contributed by atoms with Crippen molar-refractivity contribution < 1.29 is 10.2 Å². The first-order valence-electron chi connectivity index (χ1n) is 7.70. The van der Waals surface area contributed by atoms with E-state index in [1.165, 1.54) is 32.2 Å². The molecule has 2 aliphatic rings. The van der Waals surface area contributed by atoms with Crippen LogP contribution in [-0.2, 0) is 0 Å². The molecule has 3 heteroatoms. The van der Waals surface area contributed by atoms with Crippen LogP contribution in [-0.4, -0.2) is 47.5 Å². The highest BCUT2D eigenvalue weighted by Gasteiger charge is 2.30. The summed E-state index contributed by atoms with van der Waals surface area (Å²) in [6.45, 7) is 6.00. The van der Waals surface area contributed by atoms with Crippen LogP contribution >= 0.6 is 0 Å². The lowest BCUT2D eigenvalue weighted by Gasteiger charge is -2.39. The van der Waals surface area contributed by atoms with Crippen LogP contribution in [0.1, 0.15) is 45.4 Å². The summed E-state index contributed by atoms with van der Waals surface area (Å²) in [7, 11) is 0. The molecule has 1 aliphatic heterocycles. The maximum Gasteiger partial charge on any atom is 0.0580 e. The molecule has 2 fully saturated rings. The van der Waals surface area contributed by atoms with Crippen molar-refractivity contribution in [2.45, 2.75) is 51.6 Å². The number of likely N-dealkylation sites (tertiary alicyclic amines) is 1. The molecule has 0 radical (unpaired) electrons. The summed E-state index contributed by atoms with van der Waals surface area (Å²) in [6, 6.07) is 0. The first-order chi connectivity index (χ1) is 8.69. The van der Waals surface area contributed by atoms with Gasteiger partial charge in [0.15, 0.2) is 0 Å². The number of rotatable bonds is 4. The Morgan fingerprint density at radius 2 is 2.06 bits per heavy atom. The van der Waals surface area contributed by atoms with Crippen LogP contribution in [0.4, 0.5) is 0 Å². The van der Waals surface area contributed by atoms with Gasteiger partial charge in [0.2, 0.25) is 0 Å². The SMILES string of the molecule is CC1CCC(O)C(CN2CCCC(CCO)C2)C1. The molecule has 1 aliphatic carbocycles. The van der Waals surface area contributed by atoms with E-state index in [0.717, 1.165) is 31.8 Å². The molecule has 0 aromatic rings. The van der Waals surface area contributed by atoms with E-state index in [1.54, 1.807) is 0 Å². The zero-order chi connectivity index (χ0) is 13.0. The van der Waals surface area contributed by atoms with E-state index in [9.17, 15) is 5.11 Å². The van der Waals surface area contributed by atoms with E-state index in [4.69, 9.17) is 5.11 Å². The Hall–Kier alpha value is -0.120. The van der Waals surface area contributed by atoms with Gasteiger partial charge in [-0.25, -0.2) is 0 Å². The molecule has 4 atom stereocenters. The molecule has 0 amide bonds. The van der Waals surface area contributed by atoms with Crippen molar-refractivity contribution in [1.29, 1.82) is 0 Å². The van der Waals surface area contributed by atoms with Crippen LogP contribution in [0.3, 0.4) is 0 Å². The van der Waals surface area contributed by atoms with E-state index in [2.05, 4.69) is 11.8 Å². The lowest BCUT2D eigenvalue weighted by atomic mass is 9.79. The highest BCUT2D eigenvalue weighted by Crippen LogP contribution is 2.31. The van der Waals surface area contributed by atoms with Gasteiger partial charge in [0, 0.05) is 19.7 Å². The Balaban J connectivity index is 1.80. The van der Waals surface area contributed by atoms with Crippen LogP contribution in [0, 0.1) is 17.8 Å². The van der Waals surface area contributed by atoms with Crippen LogP contribution in [0.25, 0.3) is 0 Å². The van der Waals surface area contributed by atoms with Crippen molar-refractivity contribution in [2.24, 2.45) is 17.8 Å². The molecule has 0 bridgehead atoms. The van der Waals surface area contributed by atoms with Crippen LogP contribution in [0.15, 0.2) is 0 Å². The van der Waals surface area contributed by atoms with Crippen molar-refractivity contribution >= 4 is 0 Å². The molecule has 2 N–H and O–H groups in total. The maximum atomic E-state index is 10.1. The van der Waals surface area contributed by atoms with Crippen molar-refractivity contribution in [3.8, 4) is 0 Å². The third-order valence-corrected chi connectivity index (χ3v) is 4.84. The average molecular weight is 255 g/mol. The Morgan fingerprint density at radius 3 is 2.83 bits per heavy atom. The van der Waals surface area contributed by atoms with Crippen molar-refractivity contribution in [2.75, 3.05) is 26.2 Å². The third kappa shape index (κ3) is 3.94. The van der Waals surface area contributed by atoms with Gasteiger partial charge in [-0.3, -0.25) is 0 Å². The van der Waals surface area contributed by atoms with Gasteiger partial charge in [-0.2, -0.15) is 0 Å². The summed E-state index contributed by atoms with van der Waals surface area (Å²) in [5.74, 6) is 1.92. The lowest BCUT2D eigenvalue weighted by Crippen LogP contribution is -2.43. The summed E-state index contributed by atoms with van der Waals surface area (Å²) in [6.07, 6.45) is 6.73. The minimum absolute atomic E-state index is 0.0839. The van der Waals surface area contributed by atoms with E-state index in [1.807, 2.05) is 0 Å². The monoisotopic (exact) mass is 255 g/mol. The summed E-state index contributed by atoms with van der Waals surface area (Å²) < 4.78 is 0. The van der Waals surface area contributed by atoms with Gasteiger partial charge in [-0.1, -0.05) is 6.92 Å². The molecule has 1 saturated heterocycles. The standard InChI is InChI=1S/C15H29NO2/c1-12-4-5-15(18)14(9-12)11-16-7-2-3-13(10-16)6-8-17/h12-15,17-18H,2-11H2,1H3. The smallest absolute Gasteiger partial charge is 0.0580 e. The normalized spacial score (nSPS) is 38.8. The Morgan fingerprint density at radius 1 is 1.22 bits per heavy atom. The van der Waals surface area contributed by atoms with Crippen LogP contribution in [0.2, 0.25) is 0 Å². The number of hydrogen-bond acceptors (Lipinski definition) is 3. The zero-order valence-corrected chi connectivity index (χ0v) is 11.7. The van der Waals surface area contributed by atoms with Gasteiger partial charge in [0.1, 0.15) is 0 Å². The molecule has 0 aromatic carbocycles. The molecular formula is C15H29NO2. The fourth-order valence-corrected chi connectivity index (χ4v) is 3.75. The van der Waals surface area contributed by atoms with Crippen LogP contribution in [0.5, 0.6) is 0 Å². The van der Waals surface area contributed by atoms with E-state index < -0.39 is 0 Å². The minimum atomic E-state index is -0.0839. The molecule has 2 rings (SSSR count). The Bertz CT molecular complexity index is 245. The van der Waals surface area contributed by atoms with Gasteiger partial charge in [-0.15, -0.1) is 0 Å². The number of piperidine rings is 1. The lowest BCUT2D eigenvalue weighted by molar-refractivity contribution is 0.0205. The fourth-order valence-electron chi connectivity index (χ4n) is 3.75. The van der Waals surface area contributed by atoms with Crippen molar-refractivity contribution in [3.05, 3.63) is 0 Å². The Labute approximate surface area is 111 Å². The number of nitrogens with zero attached hydrogens (tertiary/aromatic N) is 1. The van der Waals surface area contributed by atoms with Gasteiger partial charge < -0.3 is 15.1 Å². The van der Waals surface area contributed by atoms with E-state index in [-0.39, 0.29) is 6.10 Å². The molecule has 0 aromatic heterocycles. The van der Waals surface area contributed by atoms with Gasteiger partial charge in [-0.05, 0) is 62.8 Å². The first-order valence-corrected chi connectivity index (χ1v) is 7.70. The van der Waals surface area contributed by atoms with Crippen LogP contribution < -0.4 is 0 Å². The molecule has 0 spiro atoms. The predicted octanol–water partition coefficient (Wildman–Crippen LogP) is 1.88. The second-order valence-electron chi connectivity index (χ2n) is 6.53. The summed E-state index contributed by atoms with van der Waals surface area (Å²) in [5, 5.41) is 19.2. The second kappa shape index (κ2) is 6.88. The third-order valence-electron chi connectivity index (χ3n) is 4.84. The molecule has 1 heterocycles. The number of aliphatic hydroxyl groups excluding tert-OH is 2. The van der Waals surface area contributed by atoms with Crippen molar-refractivity contribution in [1.82, 2.24) is 4.90 Å². The summed E-state index contributed by atoms with van der Waals surface area (Å²) in [5.41, 5.74) is 0. The molecule has 3 nitrogen and oxygen atoms in total. The number of aliphatic hydroxyl groups is 2. The average Bonchev–Trinajstić information content (AvgIpc) is 2.35. The molecule has 18 heavy (non-hydrogen) atoms. The highest BCUT2D eigenvalue weighted by molar-refractivity contribution is 4.82. The molecule has 106 valence electrons. The predicted molar refractivity (Wildman–Crippen MR) is 73.4 cm³/mol. The maximum absolute atomic E-state index is 10.1. The van der Waals surface area contributed by atoms with Gasteiger partial charge in [0.05, 0.1) is 6.10 Å². The van der Waals surface area contributed by atoms with Crippen molar-refractivity contribution in [3.63, 3.8) is 0 Å². The Kier molecular flexibility index (Phi) is 5.46. The topological polar surface area (TPSA) is 43.7 Å². The number of hydrogen-bond donors (Lipinski definition) is 2. The highest BCUT2D eigenvalue weighted by atomic mass is 16.3. The fraction of sp³-hybridized carbons (Fsp3) is 1.00. The summed E-state index contributed by atoms with van der Waals surface area (Å²) in [4.78, 5) is 2.52. The quantitative estimate of drug-likeness (QED) is 0.806. The summed E-state index contributed by atoms with van der Waals surface area (Å²) >= 11 is 0. The molecular weight excluding hydrogens is 226 g/mol. The van der Waals surface area contributed by atoms with Gasteiger partial charge in [0.25, 0.3) is 0 Å². The largest absolute Gasteiger partial charge is 0.396 e. The molecule has 4 unspecified atom stereocenters. The van der Waals surface area contributed by atoms with Gasteiger partial charge >= 0.3 is 0 Å². The minimum Gasteiger partial charge on any atom is -0.396 e.